The Labute approximate surface area is 230 Å². The van der Waals surface area contributed by atoms with Crippen molar-refractivity contribution in [1.82, 2.24) is 10.2 Å². The van der Waals surface area contributed by atoms with Crippen molar-refractivity contribution >= 4 is 23.3 Å². The molecular formula is C29H41FN4O5. The van der Waals surface area contributed by atoms with Crippen LogP contribution in [0.25, 0.3) is 0 Å². The molecule has 10 heteroatoms. The van der Waals surface area contributed by atoms with E-state index in [1.807, 2.05) is 20.9 Å². The van der Waals surface area contributed by atoms with Crippen molar-refractivity contribution in [3.63, 3.8) is 0 Å². The average Bonchev–Trinajstić information content (AvgIpc) is 2.91. The molecule has 214 valence electrons. The maximum absolute atomic E-state index is 14.0. The molecule has 2 aromatic carbocycles. The van der Waals surface area contributed by atoms with Crippen LogP contribution < -0.4 is 20.7 Å². The van der Waals surface area contributed by atoms with Crippen LogP contribution >= 0.6 is 0 Å². The van der Waals surface area contributed by atoms with Crippen LogP contribution in [0.1, 0.15) is 50.4 Å². The molecule has 0 bridgehead atoms. The third-order valence-corrected chi connectivity index (χ3v) is 6.82. The number of ether oxygens (including phenoxy) is 2. The number of benzene rings is 2. The zero-order valence-corrected chi connectivity index (χ0v) is 23.2. The van der Waals surface area contributed by atoms with Crippen LogP contribution in [0.15, 0.2) is 42.5 Å². The number of anilines is 2. The fourth-order valence-corrected chi connectivity index (χ4v) is 4.52. The molecule has 0 unspecified atom stereocenters. The number of carbonyl (C=O) groups is 2. The normalized spacial score (nSPS) is 21.7. The predicted octanol–water partition coefficient (Wildman–Crippen LogP) is 4.48. The number of aliphatic hydroxyl groups is 1. The van der Waals surface area contributed by atoms with Crippen molar-refractivity contribution < 1.29 is 28.6 Å². The second kappa shape index (κ2) is 14.8. The van der Waals surface area contributed by atoms with Crippen LogP contribution in [0.4, 0.5) is 20.6 Å². The van der Waals surface area contributed by atoms with Crippen LogP contribution in [0.5, 0.6) is 5.75 Å². The van der Waals surface area contributed by atoms with E-state index >= 15 is 0 Å². The van der Waals surface area contributed by atoms with Crippen LogP contribution in [0, 0.1) is 11.7 Å². The zero-order valence-electron chi connectivity index (χ0n) is 23.2. The Bertz CT molecular complexity index is 1080. The van der Waals surface area contributed by atoms with Gasteiger partial charge in [0.25, 0.3) is 5.91 Å². The number of nitrogens with zero attached hydrogens (tertiary/aromatic N) is 1. The van der Waals surface area contributed by atoms with Gasteiger partial charge in [0.2, 0.25) is 0 Å². The third-order valence-electron chi connectivity index (χ3n) is 6.82. The summed E-state index contributed by atoms with van der Waals surface area (Å²) in [6.45, 7) is 7.22. The SMILES string of the molecule is CNC[C@@H]1OCCCC[C@H](C)Oc2ccc(NC(=O)Nc3ccc(F)cc3)cc2C(=O)N([C@H](C)CO)C[C@H]1C. The number of likely N-dealkylation sites (N-methyl/N-ethyl adjacent to an activating group) is 1. The van der Waals surface area contributed by atoms with E-state index in [0.717, 1.165) is 19.3 Å². The molecule has 4 atom stereocenters. The minimum absolute atomic E-state index is 0.00979. The third kappa shape index (κ3) is 8.91. The maximum atomic E-state index is 14.0. The number of carbonyl (C=O) groups excluding carboxylic acids is 2. The van der Waals surface area contributed by atoms with E-state index in [9.17, 15) is 19.1 Å². The average molecular weight is 545 g/mol. The molecule has 3 amide bonds. The van der Waals surface area contributed by atoms with Gasteiger partial charge in [-0.3, -0.25) is 4.79 Å². The van der Waals surface area contributed by atoms with Gasteiger partial charge in [-0.15, -0.1) is 0 Å². The summed E-state index contributed by atoms with van der Waals surface area (Å²) in [6, 6.07) is 9.37. The summed E-state index contributed by atoms with van der Waals surface area (Å²) in [6.07, 6.45) is 2.36. The van der Waals surface area contributed by atoms with E-state index in [0.29, 0.717) is 36.8 Å². The lowest BCUT2D eigenvalue weighted by molar-refractivity contribution is -0.000451. The summed E-state index contributed by atoms with van der Waals surface area (Å²) in [5.74, 6) is -0.308. The van der Waals surface area contributed by atoms with Gasteiger partial charge in [-0.1, -0.05) is 6.92 Å². The topological polar surface area (TPSA) is 112 Å². The zero-order chi connectivity index (χ0) is 28.4. The molecule has 0 saturated heterocycles. The molecule has 39 heavy (non-hydrogen) atoms. The van der Waals surface area contributed by atoms with Crippen LogP contribution in [0.3, 0.4) is 0 Å². The number of halogens is 1. The number of hydrogen-bond donors (Lipinski definition) is 4. The second-order valence-corrected chi connectivity index (χ2v) is 10.2. The molecule has 2 aromatic rings. The summed E-state index contributed by atoms with van der Waals surface area (Å²) in [7, 11) is 1.87. The second-order valence-electron chi connectivity index (χ2n) is 10.2. The van der Waals surface area contributed by atoms with Gasteiger partial charge in [0, 0.05) is 37.0 Å². The Morgan fingerprint density at radius 3 is 2.51 bits per heavy atom. The van der Waals surface area contributed by atoms with E-state index in [4.69, 9.17) is 9.47 Å². The summed E-state index contributed by atoms with van der Waals surface area (Å²) in [5.41, 5.74) is 1.10. The molecule has 0 fully saturated rings. The Morgan fingerprint density at radius 2 is 1.82 bits per heavy atom. The van der Waals surface area contributed by atoms with Crippen molar-refractivity contribution in [1.29, 1.82) is 0 Å². The highest BCUT2D eigenvalue weighted by atomic mass is 19.1. The lowest BCUT2D eigenvalue weighted by Crippen LogP contribution is -2.47. The Kier molecular flexibility index (Phi) is 11.5. The molecule has 1 aliphatic rings. The quantitative estimate of drug-likeness (QED) is 0.427. The molecule has 0 aliphatic carbocycles. The highest BCUT2D eigenvalue weighted by Crippen LogP contribution is 2.28. The van der Waals surface area contributed by atoms with Crippen molar-refractivity contribution in [2.75, 3.05) is 44.0 Å². The summed E-state index contributed by atoms with van der Waals surface area (Å²) in [5, 5.41) is 18.6. The largest absolute Gasteiger partial charge is 0.490 e. The molecule has 0 spiro atoms. The van der Waals surface area contributed by atoms with Gasteiger partial charge in [-0.2, -0.15) is 0 Å². The van der Waals surface area contributed by atoms with Gasteiger partial charge < -0.3 is 35.4 Å². The standard InChI is InChI=1S/C29H41FN4O5/c1-19-17-34(20(2)18-35)28(36)25-15-24(33-29(37)32-23-10-8-22(30)9-11-23)12-13-26(25)39-21(3)7-5-6-14-38-27(19)16-31-4/h8-13,15,19-21,27,31,35H,5-7,14,16-18H2,1-4H3,(H2,32,33,37)/t19-,20-,21+,27+/m1/s1. The smallest absolute Gasteiger partial charge is 0.323 e. The highest BCUT2D eigenvalue weighted by Gasteiger charge is 2.29. The summed E-state index contributed by atoms with van der Waals surface area (Å²) < 4.78 is 25.6. The van der Waals surface area contributed by atoms with Gasteiger partial charge >= 0.3 is 6.03 Å². The van der Waals surface area contributed by atoms with Crippen molar-refractivity contribution in [2.24, 2.45) is 5.92 Å². The molecule has 0 aromatic heterocycles. The van der Waals surface area contributed by atoms with Crippen LogP contribution in [-0.2, 0) is 4.74 Å². The molecule has 1 heterocycles. The fraction of sp³-hybridized carbons (Fsp3) is 0.517. The molecular weight excluding hydrogens is 503 g/mol. The van der Waals surface area contributed by atoms with Gasteiger partial charge in [-0.25, -0.2) is 9.18 Å². The first-order valence-corrected chi connectivity index (χ1v) is 13.5. The first-order chi connectivity index (χ1) is 18.7. The number of amides is 3. The van der Waals surface area contributed by atoms with Crippen molar-refractivity contribution in [3.8, 4) is 5.75 Å². The van der Waals surface area contributed by atoms with Crippen LogP contribution in [0.2, 0.25) is 0 Å². The highest BCUT2D eigenvalue weighted by molar-refractivity contribution is 6.02. The van der Waals surface area contributed by atoms with Crippen LogP contribution in [-0.4, -0.2) is 73.5 Å². The molecule has 1 aliphatic heterocycles. The molecule has 0 radical (unpaired) electrons. The van der Waals surface area contributed by atoms with E-state index in [1.165, 1.54) is 24.3 Å². The number of rotatable bonds is 6. The number of aliphatic hydroxyl groups excluding tert-OH is 1. The molecule has 9 nitrogen and oxygen atoms in total. The van der Waals surface area contributed by atoms with E-state index in [1.54, 1.807) is 30.0 Å². The first kappa shape index (κ1) is 30.3. The lowest BCUT2D eigenvalue weighted by atomic mass is 10.0. The molecule has 3 rings (SSSR count). The van der Waals surface area contributed by atoms with Gasteiger partial charge in [-0.05, 0) is 82.6 Å². The minimum atomic E-state index is -0.537. The van der Waals surface area contributed by atoms with E-state index in [2.05, 4.69) is 16.0 Å². The monoisotopic (exact) mass is 544 g/mol. The molecule has 4 N–H and O–H groups in total. The van der Waals surface area contributed by atoms with Gasteiger partial charge in [0.1, 0.15) is 11.6 Å². The fourth-order valence-electron chi connectivity index (χ4n) is 4.52. The molecule has 0 saturated carbocycles. The van der Waals surface area contributed by atoms with Gasteiger partial charge in [0.05, 0.1) is 30.4 Å². The van der Waals surface area contributed by atoms with Crippen molar-refractivity contribution in [3.05, 3.63) is 53.8 Å². The number of fused-ring (bicyclic) bond motifs is 1. The minimum Gasteiger partial charge on any atom is -0.490 e. The van der Waals surface area contributed by atoms with E-state index in [-0.39, 0.29) is 36.2 Å². The number of urea groups is 1. The first-order valence-electron chi connectivity index (χ1n) is 13.5. The summed E-state index contributed by atoms with van der Waals surface area (Å²) in [4.78, 5) is 28.2. The van der Waals surface area contributed by atoms with E-state index < -0.39 is 17.9 Å². The predicted molar refractivity (Wildman–Crippen MR) is 150 cm³/mol. The van der Waals surface area contributed by atoms with Gasteiger partial charge in [0.15, 0.2) is 0 Å². The number of nitrogens with one attached hydrogen (secondary N) is 3. The lowest BCUT2D eigenvalue weighted by Gasteiger charge is -2.34. The maximum Gasteiger partial charge on any atom is 0.323 e. The number of hydrogen-bond acceptors (Lipinski definition) is 6. The Morgan fingerprint density at radius 1 is 1.13 bits per heavy atom. The summed E-state index contributed by atoms with van der Waals surface area (Å²) >= 11 is 0. The Balaban J connectivity index is 1.92. The van der Waals surface area contributed by atoms with Crippen molar-refractivity contribution in [2.45, 2.75) is 58.3 Å². The Hall–Kier alpha value is -3.21.